The van der Waals surface area contributed by atoms with E-state index in [9.17, 15) is 4.79 Å². The van der Waals surface area contributed by atoms with Crippen LogP contribution in [0.4, 0.5) is 0 Å². The van der Waals surface area contributed by atoms with Crippen molar-refractivity contribution in [2.24, 2.45) is 5.41 Å². The Bertz CT molecular complexity index is 517. The van der Waals surface area contributed by atoms with Crippen molar-refractivity contribution < 1.29 is 14.3 Å². The smallest absolute Gasteiger partial charge is 0.260 e. The van der Waals surface area contributed by atoms with Gasteiger partial charge >= 0.3 is 0 Å². The summed E-state index contributed by atoms with van der Waals surface area (Å²) in [5.41, 5.74) is 0.291. The molecule has 1 amide bonds. The molecule has 1 aliphatic rings. The number of para-hydroxylation sites is 2. The highest BCUT2D eigenvalue weighted by atomic mass is 16.5. The molecule has 0 N–H and O–H groups in total. The van der Waals surface area contributed by atoms with Crippen LogP contribution in [0.15, 0.2) is 24.3 Å². The predicted octanol–water partition coefficient (Wildman–Crippen LogP) is 2.26. The summed E-state index contributed by atoms with van der Waals surface area (Å²) in [5.74, 6) is 1.29. The first-order chi connectivity index (χ1) is 10.9. The summed E-state index contributed by atoms with van der Waals surface area (Å²) in [6.45, 7) is 11.2. The fourth-order valence-electron chi connectivity index (χ4n) is 2.80. The molecular formula is C18H28N2O3. The van der Waals surface area contributed by atoms with Crippen LogP contribution in [-0.2, 0) is 4.79 Å². The first-order valence-electron chi connectivity index (χ1n) is 8.15. The van der Waals surface area contributed by atoms with Crippen LogP contribution >= 0.6 is 0 Å². The van der Waals surface area contributed by atoms with Crippen LogP contribution in [0.2, 0.25) is 0 Å². The maximum absolute atomic E-state index is 12.3. The summed E-state index contributed by atoms with van der Waals surface area (Å²) < 4.78 is 10.8. The zero-order valence-electron chi connectivity index (χ0n) is 14.7. The van der Waals surface area contributed by atoms with Crippen LogP contribution in [0.25, 0.3) is 0 Å². The molecule has 1 aliphatic heterocycles. The van der Waals surface area contributed by atoms with E-state index < -0.39 is 0 Å². The number of amides is 1. The number of hydrogen-bond acceptors (Lipinski definition) is 4. The van der Waals surface area contributed by atoms with Crippen LogP contribution in [0.1, 0.15) is 20.8 Å². The minimum absolute atomic E-state index is 0.0336. The van der Waals surface area contributed by atoms with Gasteiger partial charge in [0.15, 0.2) is 18.1 Å². The van der Waals surface area contributed by atoms with Crippen molar-refractivity contribution >= 4 is 5.91 Å². The van der Waals surface area contributed by atoms with Crippen molar-refractivity contribution in [3.05, 3.63) is 24.3 Å². The second-order valence-corrected chi connectivity index (χ2v) is 7.16. The number of ether oxygens (including phenoxy) is 2. The highest BCUT2D eigenvalue weighted by Crippen LogP contribution is 2.25. The third kappa shape index (κ3) is 5.43. The molecule has 2 rings (SSSR count). The number of rotatable bonds is 5. The number of piperazine rings is 1. The molecule has 1 aromatic rings. The number of benzene rings is 1. The summed E-state index contributed by atoms with van der Waals surface area (Å²) in [4.78, 5) is 16.6. The number of hydrogen-bond donors (Lipinski definition) is 0. The van der Waals surface area contributed by atoms with Crippen LogP contribution < -0.4 is 9.47 Å². The van der Waals surface area contributed by atoms with Gasteiger partial charge in [-0.05, 0) is 17.5 Å². The van der Waals surface area contributed by atoms with E-state index in [2.05, 4.69) is 25.7 Å². The summed E-state index contributed by atoms with van der Waals surface area (Å²) in [6, 6.07) is 7.38. The molecule has 5 nitrogen and oxygen atoms in total. The molecule has 0 spiro atoms. The van der Waals surface area contributed by atoms with Gasteiger partial charge in [0.25, 0.3) is 5.91 Å². The van der Waals surface area contributed by atoms with E-state index >= 15 is 0 Å². The van der Waals surface area contributed by atoms with Gasteiger partial charge in [-0.25, -0.2) is 0 Å². The van der Waals surface area contributed by atoms with Crippen molar-refractivity contribution in [2.75, 3.05) is 46.4 Å². The van der Waals surface area contributed by atoms with Crippen LogP contribution in [0.3, 0.4) is 0 Å². The van der Waals surface area contributed by atoms with Gasteiger partial charge in [-0.15, -0.1) is 0 Å². The Morgan fingerprint density at radius 3 is 2.26 bits per heavy atom. The average Bonchev–Trinajstić information content (AvgIpc) is 2.52. The SMILES string of the molecule is COc1ccccc1OCC(=O)N1CCN(CC(C)(C)C)CC1. The topological polar surface area (TPSA) is 42.0 Å². The van der Waals surface area contributed by atoms with Gasteiger partial charge in [0.05, 0.1) is 7.11 Å². The van der Waals surface area contributed by atoms with E-state index in [1.807, 2.05) is 29.2 Å². The second-order valence-electron chi connectivity index (χ2n) is 7.16. The van der Waals surface area contributed by atoms with E-state index in [0.717, 1.165) is 32.7 Å². The fourth-order valence-corrected chi connectivity index (χ4v) is 2.80. The Morgan fingerprint density at radius 1 is 1.09 bits per heavy atom. The Balaban J connectivity index is 1.79. The van der Waals surface area contributed by atoms with Crippen molar-refractivity contribution in [3.63, 3.8) is 0 Å². The quantitative estimate of drug-likeness (QED) is 0.834. The largest absolute Gasteiger partial charge is 0.493 e. The molecule has 0 saturated carbocycles. The van der Waals surface area contributed by atoms with Crippen molar-refractivity contribution in [3.8, 4) is 11.5 Å². The highest BCUT2D eigenvalue weighted by Gasteiger charge is 2.24. The van der Waals surface area contributed by atoms with Crippen LogP contribution in [0.5, 0.6) is 11.5 Å². The molecule has 0 bridgehead atoms. The van der Waals surface area contributed by atoms with Gasteiger partial charge in [-0.3, -0.25) is 9.69 Å². The molecule has 1 heterocycles. The summed E-state index contributed by atoms with van der Waals surface area (Å²) >= 11 is 0. The standard InChI is InChI=1S/C18H28N2O3/c1-18(2,3)14-19-9-11-20(12-10-19)17(21)13-23-16-8-6-5-7-15(16)22-4/h5-8H,9-14H2,1-4H3. The maximum atomic E-state index is 12.3. The minimum atomic E-state index is 0.0336. The van der Waals surface area contributed by atoms with Crippen molar-refractivity contribution in [1.29, 1.82) is 0 Å². The maximum Gasteiger partial charge on any atom is 0.260 e. The Labute approximate surface area is 139 Å². The lowest BCUT2D eigenvalue weighted by molar-refractivity contribution is -0.135. The van der Waals surface area contributed by atoms with Gasteiger partial charge < -0.3 is 14.4 Å². The predicted molar refractivity (Wildman–Crippen MR) is 91.0 cm³/mol. The molecule has 0 aliphatic carbocycles. The molecular weight excluding hydrogens is 292 g/mol. The fraction of sp³-hybridized carbons (Fsp3) is 0.611. The minimum Gasteiger partial charge on any atom is -0.493 e. The molecule has 128 valence electrons. The summed E-state index contributed by atoms with van der Waals surface area (Å²) in [6.07, 6.45) is 0. The number of nitrogens with zero attached hydrogens (tertiary/aromatic N) is 2. The van der Waals surface area contributed by atoms with Gasteiger partial charge in [0.1, 0.15) is 0 Å². The lowest BCUT2D eigenvalue weighted by atomic mass is 9.96. The van der Waals surface area contributed by atoms with Crippen molar-refractivity contribution in [1.82, 2.24) is 9.80 Å². The molecule has 0 aromatic heterocycles. The molecule has 1 fully saturated rings. The normalized spacial score (nSPS) is 16.3. The van der Waals surface area contributed by atoms with E-state index in [0.29, 0.717) is 16.9 Å². The summed E-state index contributed by atoms with van der Waals surface area (Å²) in [7, 11) is 1.60. The van der Waals surface area contributed by atoms with E-state index in [4.69, 9.17) is 9.47 Å². The zero-order chi connectivity index (χ0) is 16.9. The third-order valence-corrected chi connectivity index (χ3v) is 3.84. The lowest BCUT2D eigenvalue weighted by Crippen LogP contribution is -2.51. The average molecular weight is 320 g/mol. The van der Waals surface area contributed by atoms with E-state index in [1.54, 1.807) is 7.11 Å². The molecule has 1 aromatic carbocycles. The molecule has 1 saturated heterocycles. The lowest BCUT2D eigenvalue weighted by Gasteiger charge is -2.37. The first kappa shape index (κ1) is 17.6. The molecule has 0 radical (unpaired) electrons. The molecule has 0 unspecified atom stereocenters. The van der Waals surface area contributed by atoms with Crippen molar-refractivity contribution in [2.45, 2.75) is 20.8 Å². The van der Waals surface area contributed by atoms with Gasteiger partial charge in [-0.2, -0.15) is 0 Å². The second kappa shape index (κ2) is 7.68. The number of carbonyl (C=O) groups is 1. The summed E-state index contributed by atoms with van der Waals surface area (Å²) in [5, 5.41) is 0. The Morgan fingerprint density at radius 2 is 1.70 bits per heavy atom. The number of methoxy groups -OCH3 is 1. The van der Waals surface area contributed by atoms with Gasteiger partial charge in [-0.1, -0.05) is 32.9 Å². The van der Waals surface area contributed by atoms with Gasteiger partial charge in [0, 0.05) is 32.7 Å². The molecule has 23 heavy (non-hydrogen) atoms. The van der Waals surface area contributed by atoms with Gasteiger partial charge in [0.2, 0.25) is 0 Å². The van der Waals surface area contributed by atoms with Crippen LogP contribution in [-0.4, -0.2) is 62.1 Å². The van der Waals surface area contributed by atoms with Crippen LogP contribution in [0, 0.1) is 5.41 Å². The molecule has 5 heteroatoms. The molecule has 0 atom stereocenters. The highest BCUT2D eigenvalue weighted by molar-refractivity contribution is 5.78. The zero-order valence-corrected chi connectivity index (χ0v) is 14.7. The third-order valence-electron chi connectivity index (χ3n) is 3.84. The Kier molecular flexibility index (Phi) is 5.88. The Hall–Kier alpha value is -1.75. The first-order valence-corrected chi connectivity index (χ1v) is 8.15. The number of carbonyl (C=O) groups excluding carboxylic acids is 1. The van der Waals surface area contributed by atoms with E-state index in [-0.39, 0.29) is 12.5 Å². The van der Waals surface area contributed by atoms with E-state index in [1.165, 1.54) is 0 Å². The monoisotopic (exact) mass is 320 g/mol.